The van der Waals surface area contributed by atoms with Crippen LogP contribution in [0.3, 0.4) is 0 Å². The first-order chi connectivity index (χ1) is 12.2. The van der Waals surface area contributed by atoms with Gasteiger partial charge < -0.3 is 9.15 Å². The Kier molecular flexibility index (Phi) is 3.76. The molecule has 0 aliphatic carbocycles. The second-order valence-electron chi connectivity index (χ2n) is 6.13. The van der Waals surface area contributed by atoms with Gasteiger partial charge in [-0.15, -0.1) is 0 Å². The fraction of sp³-hybridized carbons (Fsp3) is 0.200. The maximum atomic E-state index is 12.2. The molecule has 5 nitrogen and oxygen atoms in total. The van der Waals surface area contributed by atoms with Crippen LogP contribution in [-0.4, -0.2) is 18.9 Å². The van der Waals surface area contributed by atoms with Crippen molar-refractivity contribution in [3.05, 3.63) is 54.3 Å². The lowest BCUT2D eigenvalue weighted by Gasteiger charge is -2.19. The Bertz CT molecular complexity index is 955. The molecule has 1 saturated heterocycles. The molecule has 1 unspecified atom stereocenters. The van der Waals surface area contributed by atoms with Crippen molar-refractivity contribution in [1.29, 1.82) is 0 Å². The van der Waals surface area contributed by atoms with Gasteiger partial charge >= 0.3 is 0 Å². The summed E-state index contributed by atoms with van der Waals surface area (Å²) in [6, 6.07) is 13.7. The monoisotopic (exact) mass is 335 g/mol. The van der Waals surface area contributed by atoms with Crippen molar-refractivity contribution in [1.82, 2.24) is 5.32 Å². The van der Waals surface area contributed by atoms with Gasteiger partial charge in [0.15, 0.2) is 0 Å². The van der Waals surface area contributed by atoms with Gasteiger partial charge in [0.1, 0.15) is 11.3 Å². The van der Waals surface area contributed by atoms with Crippen LogP contribution in [0.25, 0.3) is 22.1 Å². The summed E-state index contributed by atoms with van der Waals surface area (Å²) in [4.78, 5) is 23.6. The van der Waals surface area contributed by atoms with E-state index >= 15 is 0 Å². The number of piperidine rings is 1. The van der Waals surface area contributed by atoms with Crippen molar-refractivity contribution in [3.63, 3.8) is 0 Å². The van der Waals surface area contributed by atoms with E-state index in [2.05, 4.69) is 5.32 Å². The number of amides is 2. The summed E-state index contributed by atoms with van der Waals surface area (Å²) in [7, 11) is 1.64. The van der Waals surface area contributed by atoms with Crippen LogP contribution in [0.1, 0.15) is 24.3 Å². The Morgan fingerprint density at radius 1 is 1.08 bits per heavy atom. The molecule has 1 aliphatic heterocycles. The highest BCUT2D eigenvalue weighted by Crippen LogP contribution is 2.35. The zero-order valence-corrected chi connectivity index (χ0v) is 13.7. The summed E-state index contributed by atoms with van der Waals surface area (Å²) in [5.41, 5.74) is 3.65. The number of imide groups is 1. The van der Waals surface area contributed by atoms with Crippen LogP contribution in [-0.2, 0) is 9.59 Å². The molecule has 126 valence electrons. The third-order valence-electron chi connectivity index (χ3n) is 4.64. The highest BCUT2D eigenvalue weighted by molar-refractivity contribution is 6.03. The Morgan fingerprint density at radius 3 is 2.56 bits per heavy atom. The molecular formula is C20H17NO4. The molecule has 3 aromatic rings. The first-order valence-corrected chi connectivity index (χ1v) is 8.15. The standard InChI is InChI=1S/C20H17NO4/c1-24-14-5-2-12(3-6-14)13-4-8-18-16(10-13)17(11-25-18)15-7-9-19(22)21-20(15)23/h2-6,8,10-11,15H,7,9H2,1H3,(H,21,22,23). The van der Waals surface area contributed by atoms with Crippen molar-refractivity contribution in [3.8, 4) is 16.9 Å². The van der Waals surface area contributed by atoms with Gasteiger partial charge in [-0.25, -0.2) is 0 Å². The summed E-state index contributed by atoms with van der Waals surface area (Å²) in [5, 5.41) is 3.31. The molecular weight excluding hydrogens is 318 g/mol. The number of ether oxygens (including phenoxy) is 1. The smallest absolute Gasteiger partial charge is 0.234 e. The quantitative estimate of drug-likeness (QED) is 0.742. The van der Waals surface area contributed by atoms with E-state index < -0.39 is 0 Å². The Morgan fingerprint density at radius 2 is 1.84 bits per heavy atom. The topological polar surface area (TPSA) is 68.5 Å². The molecule has 1 N–H and O–H groups in total. The minimum atomic E-state index is -0.356. The minimum Gasteiger partial charge on any atom is -0.497 e. The summed E-state index contributed by atoms with van der Waals surface area (Å²) >= 11 is 0. The first kappa shape index (κ1) is 15.4. The molecule has 1 atom stereocenters. The highest BCUT2D eigenvalue weighted by Gasteiger charge is 2.30. The fourth-order valence-corrected chi connectivity index (χ4v) is 3.27. The van der Waals surface area contributed by atoms with E-state index in [9.17, 15) is 9.59 Å². The van der Waals surface area contributed by atoms with Gasteiger partial charge in [-0.2, -0.15) is 0 Å². The molecule has 2 amide bonds. The molecule has 0 spiro atoms. The number of benzene rings is 2. The third kappa shape index (κ3) is 2.78. The molecule has 0 saturated carbocycles. The van der Waals surface area contributed by atoms with Crippen LogP contribution in [0.2, 0.25) is 0 Å². The van der Waals surface area contributed by atoms with Gasteiger partial charge in [0.25, 0.3) is 0 Å². The molecule has 1 aromatic heterocycles. The number of carbonyl (C=O) groups is 2. The van der Waals surface area contributed by atoms with Gasteiger partial charge in [-0.3, -0.25) is 14.9 Å². The van der Waals surface area contributed by atoms with Crippen molar-refractivity contribution in [2.75, 3.05) is 7.11 Å². The van der Waals surface area contributed by atoms with Gasteiger partial charge in [0, 0.05) is 17.4 Å². The van der Waals surface area contributed by atoms with Crippen LogP contribution in [0.5, 0.6) is 5.75 Å². The molecule has 1 fully saturated rings. The van der Waals surface area contributed by atoms with Gasteiger partial charge in [0.2, 0.25) is 11.8 Å². The summed E-state index contributed by atoms with van der Waals surface area (Å²) < 4.78 is 10.8. The van der Waals surface area contributed by atoms with Crippen LogP contribution in [0, 0.1) is 0 Å². The summed E-state index contributed by atoms with van der Waals surface area (Å²) in [6.45, 7) is 0. The second-order valence-corrected chi connectivity index (χ2v) is 6.13. The lowest BCUT2D eigenvalue weighted by molar-refractivity contribution is -0.134. The Hall–Kier alpha value is -3.08. The number of fused-ring (bicyclic) bond motifs is 1. The Balaban J connectivity index is 1.74. The molecule has 0 bridgehead atoms. The van der Waals surface area contributed by atoms with Crippen LogP contribution >= 0.6 is 0 Å². The molecule has 0 radical (unpaired) electrons. The number of rotatable bonds is 3. The number of nitrogens with one attached hydrogen (secondary N) is 1. The van der Waals surface area contributed by atoms with Crippen molar-refractivity contribution in [2.24, 2.45) is 0 Å². The predicted octanol–water partition coefficient (Wildman–Crippen LogP) is 3.63. The highest BCUT2D eigenvalue weighted by atomic mass is 16.5. The van der Waals surface area contributed by atoms with Crippen molar-refractivity contribution >= 4 is 22.8 Å². The summed E-state index contributed by atoms with van der Waals surface area (Å²) in [6.07, 6.45) is 2.48. The van der Waals surface area contributed by atoms with Crippen LogP contribution in [0.15, 0.2) is 53.1 Å². The zero-order chi connectivity index (χ0) is 17.4. The fourth-order valence-electron chi connectivity index (χ4n) is 3.27. The maximum Gasteiger partial charge on any atom is 0.234 e. The second kappa shape index (κ2) is 6.09. The number of hydrogen-bond acceptors (Lipinski definition) is 4. The first-order valence-electron chi connectivity index (χ1n) is 8.15. The summed E-state index contributed by atoms with van der Waals surface area (Å²) in [5.74, 6) is -0.0239. The number of carbonyl (C=O) groups excluding carboxylic acids is 2. The maximum absolute atomic E-state index is 12.2. The molecule has 4 rings (SSSR count). The van der Waals surface area contributed by atoms with Crippen LogP contribution < -0.4 is 10.1 Å². The van der Waals surface area contributed by atoms with E-state index in [4.69, 9.17) is 9.15 Å². The third-order valence-corrected chi connectivity index (χ3v) is 4.64. The van der Waals surface area contributed by atoms with E-state index in [1.807, 2.05) is 42.5 Å². The average Bonchev–Trinajstić information content (AvgIpc) is 3.05. The van der Waals surface area contributed by atoms with Gasteiger partial charge in [-0.05, 0) is 41.8 Å². The SMILES string of the molecule is COc1ccc(-c2ccc3occ(C4CCC(=O)NC4=O)c3c2)cc1. The van der Waals surface area contributed by atoms with E-state index in [-0.39, 0.29) is 17.7 Å². The van der Waals surface area contributed by atoms with E-state index in [1.54, 1.807) is 13.4 Å². The predicted molar refractivity (Wildman–Crippen MR) is 93.3 cm³/mol. The van der Waals surface area contributed by atoms with Crippen LogP contribution in [0.4, 0.5) is 0 Å². The number of methoxy groups -OCH3 is 1. The largest absolute Gasteiger partial charge is 0.497 e. The molecule has 1 aliphatic rings. The number of furan rings is 1. The van der Waals surface area contributed by atoms with Gasteiger partial charge in [-0.1, -0.05) is 18.2 Å². The molecule has 2 aromatic carbocycles. The van der Waals surface area contributed by atoms with E-state index in [0.29, 0.717) is 12.8 Å². The minimum absolute atomic E-state index is 0.215. The van der Waals surface area contributed by atoms with Crippen molar-refractivity contribution < 1.29 is 18.7 Å². The number of hydrogen-bond donors (Lipinski definition) is 1. The molecule has 2 heterocycles. The average molecular weight is 335 g/mol. The normalized spacial score (nSPS) is 17.6. The molecule has 5 heteroatoms. The van der Waals surface area contributed by atoms with Gasteiger partial charge in [0.05, 0.1) is 19.3 Å². The van der Waals surface area contributed by atoms with E-state index in [0.717, 1.165) is 33.4 Å². The zero-order valence-electron chi connectivity index (χ0n) is 13.7. The van der Waals surface area contributed by atoms with E-state index in [1.165, 1.54) is 0 Å². The Labute approximate surface area is 144 Å². The lowest BCUT2D eigenvalue weighted by Crippen LogP contribution is -2.39. The van der Waals surface area contributed by atoms with Crippen molar-refractivity contribution in [2.45, 2.75) is 18.8 Å². The molecule has 25 heavy (non-hydrogen) atoms. The lowest BCUT2D eigenvalue weighted by atomic mass is 9.89.